The van der Waals surface area contributed by atoms with Crippen molar-refractivity contribution < 1.29 is 13.5 Å². The normalized spacial score (nSPS) is 14.9. The van der Waals surface area contributed by atoms with E-state index in [1.165, 1.54) is 12.1 Å². The summed E-state index contributed by atoms with van der Waals surface area (Å²) in [5, 5.41) is 0. The number of ether oxygens (including phenoxy) is 1. The number of nitrogens with two attached hydrogens (primary N) is 1. The number of hydrogen-bond donors (Lipinski definition) is 1. The van der Waals surface area contributed by atoms with Gasteiger partial charge < -0.3 is 10.5 Å². The largest absolute Gasteiger partial charge is 0.486 e. The highest BCUT2D eigenvalue weighted by molar-refractivity contribution is 5.25. The van der Waals surface area contributed by atoms with Crippen LogP contribution < -0.4 is 10.5 Å². The van der Waals surface area contributed by atoms with Crippen molar-refractivity contribution in [2.24, 2.45) is 5.73 Å². The van der Waals surface area contributed by atoms with E-state index in [0.717, 1.165) is 6.07 Å². The molecule has 1 rings (SSSR count). The van der Waals surface area contributed by atoms with Crippen LogP contribution in [0.3, 0.4) is 0 Å². The van der Waals surface area contributed by atoms with Gasteiger partial charge in [0.1, 0.15) is 6.10 Å². The molecule has 0 aliphatic carbocycles. The van der Waals surface area contributed by atoms with Gasteiger partial charge in [-0.2, -0.15) is 4.39 Å². The molecular weight excluding hydrogens is 188 g/mol. The Morgan fingerprint density at radius 2 is 1.93 bits per heavy atom. The Labute approximate surface area is 81.7 Å². The monoisotopic (exact) mass is 201 g/mol. The minimum absolute atomic E-state index is 0.102. The molecule has 2 N–H and O–H groups in total. The molecule has 0 saturated heterocycles. The van der Waals surface area contributed by atoms with Crippen molar-refractivity contribution in [2.75, 3.05) is 0 Å². The lowest BCUT2D eigenvalue weighted by Crippen LogP contribution is -2.33. The summed E-state index contributed by atoms with van der Waals surface area (Å²) in [7, 11) is 0. The fourth-order valence-electron chi connectivity index (χ4n) is 0.883. The van der Waals surface area contributed by atoms with Crippen molar-refractivity contribution in [3.05, 3.63) is 29.8 Å². The maximum absolute atomic E-state index is 13.1. The number of rotatable bonds is 3. The molecule has 4 heteroatoms. The van der Waals surface area contributed by atoms with Gasteiger partial charge in [0.05, 0.1) is 0 Å². The highest BCUT2D eigenvalue weighted by atomic mass is 19.2. The Balaban J connectivity index is 2.82. The van der Waals surface area contributed by atoms with E-state index in [4.69, 9.17) is 10.5 Å². The first kappa shape index (κ1) is 10.9. The summed E-state index contributed by atoms with van der Waals surface area (Å²) in [6.07, 6.45) is -0.355. The molecule has 0 spiro atoms. The molecule has 0 fully saturated rings. The Kier molecular flexibility index (Phi) is 3.41. The van der Waals surface area contributed by atoms with Gasteiger partial charge in [-0.15, -0.1) is 0 Å². The Bertz CT molecular complexity index is 315. The lowest BCUT2D eigenvalue weighted by Gasteiger charge is -2.18. The van der Waals surface area contributed by atoms with E-state index in [1.807, 2.05) is 0 Å². The first-order valence-electron chi connectivity index (χ1n) is 4.38. The van der Waals surface area contributed by atoms with Crippen LogP contribution in [-0.2, 0) is 0 Å². The molecule has 0 aromatic heterocycles. The van der Waals surface area contributed by atoms with E-state index >= 15 is 0 Å². The van der Waals surface area contributed by atoms with Crippen LogP contribution >= 0.6 is 0 Å². The molecule has 1 aromatic carbocycles. The summed E-state index contributed by atoms with van der Waals surface area (Å²) in [5.41, 5.74) is 5.53. The van der Waals surface area contributed by atoms with Crippen molar-refractivity contribution in [3.63, 3.8) is 0 Å². The fourth-order valence-corrected chi connectivity index (χ4v) is 0.883. The summed E-state index contributed by atoms with van der Waals surface area (Å²) in [6, 6.07) is 3.56. The molecule has 0 saturated carbocycles. The van der Waals surface area contributed by atoms with Crippen LogP contribution in [0.1, 0.15) is 13.8 Å². The van der Waals surface area contributed by atoms with Crippen molar-refractivity contribution in [1.29, 1.82) is 0 Å². The van der Waals surface area contributed by atoms with E-state index in [1.54, 1.807) is 13.8 Å². The van der Waals surface area contributed by atoms with Gasteiger partial charge in [0.25, 0.3) is 0 Å². The topological polar surface area (TPSA) is 35.2 Å². The third-order valence-corrected chi connectivity index (χ3v) is 1.97. The average Bonchev–Trinajstić information content (AvgIpc) is 2.12. The molecule has 0 amide bonds. The van der Waals surface area contributed by atoms with Gasteiger partial charge in [0.15, 0.2) is 11.6 Å². The summed E-state index contributed by atoms with van der Waals surface area (Å²) in [6.45, 7) is 3.44. The van der Waals surface area contributed by atoms with E-state index in [2.05, 4.69) is 0 Å². The van der Waals surface area contributed by atoms with Crippen molar-refractivity contribution in [1.82, 2.24) is 0 Å². The molecule has 78 valence electrons. The molecule has 0 aliphatic heterocycles. The maximum atomic E-state index is 13.1. The van der Waals surface area contributed by atoms with Crippen LogP contribution in [-0.4, -0.2) is 12.1 Å². The highest BCUT2D eigenvalue weighted by Gasteiger charge is 2.14. The summed E-state index contributed by atoms with van der Waals surface area (Å²) in [5.74, 6) is -1.99. The second-order valence-corrected chi connectivity index (χ2v) is 3.23. The molecule has 2 atom stereocenters. The molecule has 1 unspecified atom stereocenters. The smallest absolute Gasteiger partial charge is 0.200 e. The molecule has 14 heavy (non-hydrogen) atoms. The van der Waals surface area contributed by atoms with Crippen LogP contribution in [0.4, 0.5) is 8.78 Å². The first-order chi connectivity index (χ1) is 6.52. The van der Waals surface area contributed by atoms with Crippen molar-refractivity contribution >= 4 is 0 Å². The summed E-state index contributed by atoms with van der Waals surface area (Å²) < 4.78 is 31.0. The molecule has 0 aliphatic rings. The van der Waals surface area contributed by atoms with E-state index in [-0.39, 0.29) is 17.9 Å². The van der Waals surface area contributed by atoms with Crippen LogP contribution in [0.5, 0.6) is 5.75 Å². The molecular formula is C10H13F2NO. The molecule has 1 aromatic rings. The van der Waals surface area contributed by atoms with Gasteiger partial charge >= 0.3 is 0 Å². The van der Waals surface area contributed by atoms with Gasteiger partial charge in [-0.05, 0) is 26.0 Å². The zero-order chi connectivity index (χ0) is 10.7. The number of halogens is 2. The SMILES string of the molecule is CC(Oc1cccc(F)c1F)[C@@H](C)N. The lowest BCUT2D eigenvalue weighted by molar-refractivity contribution is 0.186. The van der Waals surface area contributed by atoms with Crippen LogP contribution in [0.15, 0.2) is 18.2 Å². The predicted octanol–water partition coefficient (Wildman–Crippen LogP) is 2.08. The number of hydrogen-bond acceptors (Lipinski definition) is 2. The van der Waals surface area contributed by atoms with Gasteiger partial charge in [0, 0.05) is 6.04 Å². The lowest BCUT2D eigenvalue weighted by atomic mass is 10.2. The maximum Gasteiger partial charge on any atom is 0.200 e. The Hall–Kier alpha value is -1.16. The second-order valence-electron chi connectivity index (χ2n) is 3.23. The first-order valence-corrected chi connectivity index (χ1v) is 4.38. The van der Waals surface area contributed by atoms with Gasteiger partial charge in [-0.3, -0.25) is 0 Å². The van der Waals surface area contributed by atoms with Gasteiger partial charge in [-0.1, -0.05) is 6.07 Å². The predicted molar refractivity (Wildman–Crippen MR) is 50.1 cm³/mol. The van der Waals surface area contributed by atoms with Crippen molar-refractivity contribution in [3.8, 4) is 5.75 Å². The Morgan fingerprint density at radius 1 is 1.29 bits per heavy atom. The summed E-state index contributed by atoms with van der Waals surface area (Å²) >= 11 is 0. The van der Waals surface area contributed by atoms with Crippen LogP contribution in [0.25, 0.3) is 0 Å². The third kappa shape index (κ3) is 2.42. The van der Waals surface area contributed by atoms with E-state index in [9.17, 15) is 8.78 Å². The molecule has 0 heterocycles. The minimum atomic E-state index is -0.972. The van der Waals surface area contributed by atoms with Crippen molar-refractivity contribution in [2.45, 2.75) is 26.0 Å². The average molecular weight is 201 g/mol. The van der Waals surface area contributed by atoms with Crippen LogP contribution in [0.2, 0.25) is 0 Å². The zero-order valence-corrected chi connectivity index (χ0v) is 8.13. The van der Waals surface area contributed by atoms with Crippen LogP contribution in [0, 0.1) is 11.6 Å². The molecule has 0 radical (unpaired) electrons. The van der Waals surface area contributed by atoms with Gasteiger partial charge in [-0.25, -0.2) is 4.39 Å². The quantitative estimate of drug-likeness (QED) is 0.812. The third-order valence-electron chi connectivity index (χ3n) is 1.97. The number of benzene rings is 1. The fraction of sp³-hybridized carbons (Fsp3) is 0.400. The standard InChI is InChI=1S/C10H13F2NO/c1-6(13)7(2)14-9-5-3-4-8(11)10(9)12/h3-7H,13H2,1-2H3/t6-,7?/m1/s1. The van der Waals surface area contributed by atoms with E-state index < -0.39 is 11.6 Å². The van der Waals surface area contributed by atoms with E-state index in [0.29, 0.717) is 0 Å². The zero-order valence-electron chi connectivity index (χ0n) is 8.13. The Morgan fingerprint density at radius 3 is 2.50 bits per heavy atom. The summed E-state index contributed by atoms with van der Waals surface area (Å²) in [4.78, 5) is 0. The second kappa shape index (κ2) is 4.37. The van der Waals surface area contributed by atoms with Gasteiger partial charge in [0.2, 0.25) is 5.82 Å². The minimum Gasteiger partial charge on any atom is -0.486 e. The molecule has 0 bridgehead atoms. The molecule has 2 nitrogen and oxygen atoms in total. The highest BCUT2D eigenvalue weighted by Crippen LogP contribution is 2.20.